The van der Waals surface area contributed by atoms with Crippen molar-refractivity contribution in [2.24, 2.45) is 0 Å². The Balaban J connectivity index is 0.00000145. The molecular formula is C23H29INO3P. The van der Waals surface area contributed by atoms with E-state index in [1.165, 1.54) is 5.56 Å². The van der Waals surface area contributed by atoms with Crippen LogP contribution in [-0.2, 0) is 11.3 Å². The summed E-state index contributed by atoms with van der Waals surface area (Å²) in [5, 5.41) is 0.889. The van der Waals surface area contributed by atoms with Gasteiger partial charge in [-0.05, 0) is 58.6 Å². The summed E-state index contributed by atoms with van der Waals surface area (Å²) in [7, 11) is 0. The standard InChI is InChI=1S/C21H23INO3P.C2H6/c1-4-25-21(24)19-17-12-16(26-27-22)10-11-18(17)23(20(19)14(2)3)13-15-8-6-5-7-9-15;1-2/h5-12,14,27H,4,13H2,1-3H3;1-2H3. The molecule has 6 heteroatoms. The van der Waals surface area contributed by atoms with E-state index in [-0.39, 0.29) is 11.9 Å². The first kappa shape index (κ1) is 23.7. The molecule has 3 rings (SSSR count). The molecule has 0 aliphatic rings. The van der Waals surface area contributed by atoms with E-state index in [0.717, 1.165) is 22.3 Å². The van der Waals surface area contributed by atoms with E-state index in [9.17, 15) is 4.79 Å². The summed E-state index contributed by atoms with van der Waals surface area (Å²) in [6.07, 6.45) is 0. The van der Waals surface area contributed by atoms with Crippen LogP contribution >= 0.6 is 28.5 Å². The Labute approximate surface area is 188 Å². The molecule has 2 aromatic carbocycles. The molecule has 0 aliphatic carbocycles. The zero-order valence-corrected chi connectivity index (χ0v) is 20.8. The maximum Gasteiger partial charge on any atom is 0.340 e. The number of hydrogen-bond acceptors (Lipinski definition) is 3. The van der Waals surface area contributed by atoms with Crippen molar-refractivity contribution in [2.75, 3.05) is 6.61 Å². The van der Waals surface area contributed by atoms with Crippen molar-refractivity contribution < 1.29 is 14.1 Å². The van der Waals surface area contributed by atoms with Gasteiger partial charge in [-0.3, -0.25) is 0 Å². The monoisotopic (exact) mass is 525 g/mol. The summed E-state index contributed by atoms with van der Waals surface area (Å²) in [5.41, 5.74) is 3.87. The second kappa shape index (κ2) is 11.6. The number of halogens is 1. The third-order valence-corrected chi connectivity index (χ3v) is 5.41. The van der Waals surface area contributed by atoms with Crippen LogP contribution in [0, 0.1) is 0 Å². The fourth-order valence-corrected chi connectivity index (χ4v) is 4.39. The highest BCUT2D eigenvalue weighted by atomic mass is 127. The molecule has 1 aromatic heterocycles. The molecule has 0 N–H and O–H groups in total. The summed E-state index contributed by atoms with van der Waals surface area (Å²) in [4.78, 5) is 12.8. The largest absolute Gasteiger partial charge is 0.467 e. The van der Waals surface area contributed by atoms with Crippen LogP contribution in [0.25, 0.3) is 10.9 Å². The number of nitrogens with zero attached hydrogens (tertiary/aromatic N) is 1. The van der Waals surface area contributed by atoms with Gasteiger partial charge in [0.15, 0.2) is 0 Å². The normalized spacial score (nSPS) is 11.0. The van der Waals surface area contributed by atoms with Crippen molar-refractivity contribution in [3.8, 4) is 5.75 Å². The first-order valence-electron chi connectivity index (χ1n) is 9.96. The van der Waals surface area contributed by atoms with Gasteiger partial charge in [-0.15, -0.1) is 0 Å². The Hall–Kier alpha value is -1.59. The Morgan fingerprint density at radius 2 is 1.83 bits per heavy atom. The van der Waals surface area contributed by atoms with E-state index < -0.39 is 0 Å². The van der Waals surface area contributed by atoms with Crippen molar-refractivity contribution in [1.82, 2.24) is 4.57 Å². The molecule has 1 unspecified atom stereocenters. The Morgan fingerprint density at radius 3 is 2.41 bits per heavy atom. The minimum Gasteiger partial charge on any atom is -0.467 e. The fraction of sp³-hybridized carbons (Fsp3) is 0.348. The molecule has 0 spiro atoms. The number of carbonyl (C=O) groups is 1. The minimum atomic E-state index is -0.271. The summed E-state index contributed by atoms with van der Waals surface area (Å²) in [5.74, 6) is 0.677. The summed E-state index contributed by atoms with van der Waals surface area (Å²) in [6.45, 7) is 11.4. The van der Waals surface area contributed by atoms with E-state index >= 15 is 0 Å². The van der Waals surface area contributed by atoms with Crippen molar-refractivity contribution in [2.45, 2.75) is 47.1 Å². The predicted octanol–water partition coefficient (Wildman–Crippen LogP) is 7.34. The maximum atomic E-state index is 12.8. The number of fused-ring (bicyclic) bond motifs is 1. The van der Waals surface area contributed by atoms with Gasteiger partial charge in [-0.2, -0.15) is 0 Å². The smallest absolute Gasteiger partial charge is 0.340 e. The zero-order valence-electron chi connectivity index (χ0n) is 17.7. The van der Waals surface area contributed by atoms with Gasteiger partial charge in [0.2, 0.25) is 0 Å². The SMILES string of the molecule is CC.CCOC(=O)c1c(C(C)C)n(Cc2ccccc2)c2ccc(OPI)cc12. The Morgan fingerprint density at radius 1 is 1.14 bits per heavy atom. The molecule has 0 amide bonds. The molecule has 0 aliphatic heterocycles. The number of esters is 1. The number of rotatable bonds is 7. The lowest BCUT2D eigenvalue weighted by Gasteiger charge is -2.15. The highest BCUT2D eigenvalue weighted by Crippen LogP contribution is 2.36. The fourth-order valence-electron chi connectivity index (χ4n) is 3.42. The van der Waals surface area contributed by atoms with Crippen LogP contribution in [0.5, 0.6) is 5.75 Å². The van der Waals surface area contributed by atoms with Gasteiger partial charge in [-0.25, -0.2) is 4.79 Å². The van der Waals surface area contributed by atoms with Crippen LogP contribution in [0.1, 0.15) is 62.2 Å². The highest BCUT2D eigenvalue weighted by Gasteiger charge is 2.26. The molecule has 1 heterocycles. The Bertz CT molecular complexity index is 938. The number of benzene rings is 2. The van der Waals surface area contributed by atoms with Crippen LogP contribution in [0.2, 0.25) is 0 Å². The van der Waals surface area contributed by atoms with Crippen molar-refractivity contribution in [3.63, 3.8) is 0 Å². The lowest BCUT2D eigenvalue weighted by atomic mass is 10.0. The molecule has 3 aromatic rings. The van der Waals surface area contributed by atoms with E-state index in [1.54, 1.807) is 0 Å². The Kier molecular flexibility index (Phi) is 9.44. The third-order valence-electron chi connectivity index (χ3n) is 4.44. The summed E-state index contributed by atoms with van der Waals surface area (Å²) >= 11 is 2.20. The lowest BCUT2D eigenvalue weighted by Crippen LogP contribution is -2.12. The molecule has 4 nitrogen and oxygen atoms in total. The van der Waals surface area contributed by atoms with Crippen LogP contribution in [0.4, 0.5) is 0 Å². The van der Waals surface area contributed by atoms with Gasteiger partial charge in [0.05, 0.1) is 12.2 Å². The maximum absolute atomic E-state index is 12.8. The molecule has 0 saturated heterocycles. The number of ether oxygens (including phenoxy) is 1. The summed E-state index contributed by atoms with van der Waals surface area (Å²) < 4.78 is 13.3. The molecule has 0 radical (unpaired) electrons. The number of aromatic nitrogens is 1. The first-order chi connectivity index (χ1) is 14.1. The second-order valence-electron chi connectivity index (χ2n) is 6.57. The van der Waals surface area contributed by atoms with E-state index in [4.69, 9.17) is 9.26 Å². The molecule has 0 saturated carbocycles. The van der Waals surface area contributed by atoms with E-state index in [1.807, 2.05) is 57.2 Å². The predicted molar refractivity (Wildman–Crippen MR) is 132 cm³/mol. The van der Waals surface area contributed by atoms with Gasteiger partial charge in [-0.1, -0.05) is 58.0 Å². The molecule has 29 heavy (non-hydrogen) atoms. The summed E-state index contributed by atoms with van der Waals surface area (Å²) in [6, 6.07) is 16.3. The first-order valence-corrected chi connectivity index (χ1v) is 14.0. The molecular weight excluding hydrogens is 496 g/mol. The topological polar surface area (TPSA) is 40.5 Å². The lowest BCUT2D eigenvalue weighted by molar-refractivity contribution is 0.0526. The van der Waals surface area contributed by atoms with Crippen molar-refractivity contribution in [3.05, 3.63) is 65.4 Å². The van der Waals surface area contributed by atoms with Gasteiger partial charge >= 0.3 is 5.97 Å². The molecule has 1 atom stereocenters. The second-order valence-corrected chi connectivity index (χ2v) is 8.24. The van der Waals surface area contributed by atoms with Gasteiger partial charge < -0.3 is 13.8 Å². The van der Waals surface area contributed by atoms with Crippen molar-refractivity contribution in [1.29, 1.82) is 0 Å². The number of carbonyl (C=O) groups excluding carboxylic acids is 1. The molecule has 156 valence electrons. The average Bonchev–Trinajstić information content (AvgIpc) is 3.04. The van der Waals surface area contributed by atoms with Gasteiger partial charge in [0, 0.05) is 23.1 Å². The van der Waals surface area contributed by atoms with Crippen LogP contribution in [0.15, 0.2) is 48.5 Å². The zero-order chi connectivity index (χ0) is 21.4. The minimum absolute atomic E-state index is 0.177. The highest BCUT2D eigenvalue weighted by molar-refractivity contribution is 14.2. The van der Waals surface area contributed by atoms with Gasteiger partial charge in [0.1, 0.15) is 12.2 Å². The quantitative estimate of drug-likeness (QED) is 0.184. The third kappa shape index (κ3) is 5.52. The number of hydrogen-bond donors (Lipinski definition) is 0. The van der Waals surface area contributed by atoms with Crippen molar-refractivity contribution >= 4 is 45.4 Å². The average molecular weight is 525 g/mol. The van der Waals surface area contributed by atoms with E-state index in [0.29, 0.717) is 25.2 Å². The van der Waals surface area contributed by atoms with Crippen LogP contribution in [-0.4, -0.2) is 17.1 Å². The van der Waals surface area contributed by atoms with Gasteiger partial charge in [0.25, 0.3) is 0 Å². The molecule has 0 bridgehead atoms. The van der Waals surface area contributed by atoms with E-state index in [2.05, 4.69) is 52.6 Å². The molecule has 0 fully saturated rings. The van der Waals surface area contributed by atoms with Crippen LogP contribution in [0.3, 0.4) is 0 Å². The van der Waals surface area contributed by atoms with Crippen LogP contribution < -0.4 is 4.52 Å².